The maximum atomic E-state index is 12.7. The van der Waals surface area contributed by atoms with Crippen molar-refractivity contribution in [2.24, 2.45) is 0 Å². The van der Waals surface area contributed by atoms with E-state index in [4.69, 9.17) is 4.74 Å². The first-order chi connectivity index (χ1) is 15.7. The number of Topliss-reactive ketones (excluding diaryl/α,β-unsaturated/α-hetero) is 1. The van der Waals surface area contributed by atoms with Crippen molar-refractivity contribution in [3.05, 3.63) is 69.7 Å². The molecule has 1 N–H and O–H groups in total. The van der Waals surface area contributed by atoms with Crippen LogP contribution in [0.3, 0.4) is 0 Å². The summed E-state index contributed by atoms with van der Waals surface area (Å²) in [5.41, 5.74) is 1.14. The number of carbonyl (C=O) groups excluding carboxylic acids is 5. The molecule has 0 fully saturated rings. The van der Waals surface area contributed by atoms with Gasteiger partial charge in [-0.1, -0.05) is 11.3 Å². The Kier molecular flexibility index (Phi) is 5.80. The average molecular weight is 464 g/mol. The van der Waals surface area contributed by atoms with Crippen molar-refractivity contribution in [2.75, 3.05) is 16.8 Å². The fourth-order valence-corrected chi connectivity index (χ4v) is 3.80. The van der Waals surface area contributed by atoms with E-state index in [1.807, 2.05) is 0 Å². The predicted molar refractivity (Wildman–Crippen MR) is 118 cm³/mol. The van der Waals surface area contributed by atoms with E-state index in [-0.39, 0.29) is 27.6 Å². The molecule has 4 rings (SSSR count). The summed E-state index contributed by atoms with van der Waals surface area (Å²) in [6.45, 7) is 2.57. The van der Waals surface area contributed by atoms with E-state index >= 15 is 0 Å². The highest BCUT2D eigenvalue weighted by Crippen LogP contribution is 2.31. The van der Waals surface area contributed by atoms with Crippen LogP contribution in [-0.2, 0) is 9.53 Å². The zero-order valence-corrected chi connectivity index (χ0v) is 18.3. The van der Waals surface area contributed by atoms with Gasteiger partial charge in [-0.15, -0.1) is 10.2 Å². The number of benzene rings is 2. The van der Waals surface area contributed by atoms with Gasteiger partial charge in [-0.05, 0) is 56.3 Å². The van der Waals surface area contributed by atoms with E-state index in [2.05, 4.69) is 15.5 Å². The number of imide groups is 1. The second-order valence-electron chi connectivity index (χ2n) is 7.07. The Morgan fingerprint density at radius 1 is 0.970 bits per heavy atom. The maximum absolute atomic E-state index is 12.7. The Bertz CT molecular complexity index is 1310. The minimum absolute atomic E-state index is 0.0174. The Morgan fingerprint density at radius 3 is 2.27 bits per heavy atom. The van der Waals surface area contributed by atoms with Crippen LogP contribution in [0.25, 0.3) is 0 Å². The number of fused-ring (bicyclic) bond motifs is 1. The summed E-state index contributed by atoms with van der Waals surface area (Å²) in [5.74, 6) is -2.68. The zero-order valence-electron chi connectivity index (χ0n) is 17.4. The van der Waals surface area contributed by atoms with Gasteiger partial charge in [0, 0.05) is 11.3 Å². The molecule has 3 amide bonds. The first-order valence-corrected chi connectivity index (χ1v) is 10.5. The van der Waals surface area contributed by atoms with Crippen LogP contribution in [0.15, 0.2) is 42.5 Å². The van der Waals surface area contributed by atoms with Crippen LogP contribution in [-0.4, -0.2) is 46.3 Å². The molecule has 10 nitrogen and oxygen atoms in total. The van der Waals surface area contributed by atoms with Crippen LogP contribution in [0.4, 0.5) is 10.8 Å². The summed E-state index contributed by atoms with van der Waals surface area (Å²) in [6.07, 6.45) is 0. The highest BCUT2D eigenvalue weighted by atomic mass is 32.1. The third kappa shape index (κ3) is 4.39. The summed E-state index contributed by atoms with van der Waals surface area (Å²) in [5, 5.41) is 10.9. The molecule has 0 aliphatic carbocycles. The number of anilines is 2. The third-order valence-electron chi connectivity index (χ3n) is 4.74. The highest BCUT2D eigenvalue weighted by molar-refractivity contribution is 7.15. The molecule has 0 spiro atoms. The van der Waals surface area contributed by atoms with Crippen LogP contribution in [0.2, 0.25) is 0 Å². The zero-order chi connectivity index (χ0) is 23.7. The minimum atomic E-state index is -0.828. The molecule has 33 heavy (non-hydrogen) atoms. The van der Waals surface area contributed by atoms with Gasteiger partial charge in [0.05, 0.1) is 16.7 Å². The van der Waals surface area contributed by atoms with E-state index in [1.54, 1.807) is 31.2 Å². The van der Waals surface area contributed by atoms with E-state index in [0.717, 1.165) is 16.2 Å². The molecule has 11 heteroatoms. The number of esters is 1. The molecule has 0 unspecified atom stereocenters. The highest BCUT2D eigenvalue weighted by Gasteiger charge is 2.39. The molecule has 1 aromatic heterocycles. The maximum Gasteiger partial charge on any atom is 0.338 e. The molecule has 2 aromatic carbocycles. The van der Waals surface area contributed by atoms with Gasteiger partial charge in [0.1, 0.15) is 5.01 Å². The lowest BCUT2D eigenvalue weighted by molar-refractivity contribution is -0.119. The lowest BCUT2D eigenvalue weighted by Crippen LogP contribution is -2.29. The van der Waals surface area contributed by atoms with Gasteiger partial charge >= 0.3 is 5.97 Å². The summed E-state index contributed by atoms with van der Waals surface area (Å²) in [4.78, 5) is 62.0. The van der Waals surface area contributed by atoms with E-state index in [1.165, 1.54) is 25.1 Å². The summed E-state index contributed by atoms with van der Waals surface area (Å²) in [6, 6.07) is 10.2. The number of carbonyl (C=O) groups is 5. The Labute approximate surface area is 191 Å². The lowest BCUT2D eigenvalue weighted by atomic mass is 10.1. The van der Waals surface area contributed by atoms with Crippen LogP contribution in [0.1, 0.15) is 53.4 Å². The normalized spacial score (nSPS) is 12.5. The predicted octanol–water partition coefficient (Wildman–Crippen LogP) is 2.65. The van der Waals surface area contributed by atoms with Crippen LogP contribution in [0.5, 0.6) is 0 Å². The van der Waals surface area contributed by atoms with Crippen molar-refractivity contribution in [2.45, 2.75) is 13.8 Å². The number of rotatable bonds is 6. The van der Waals surface area contributed by atoms with Gasteiger partial charge in [0.15, 0.2) is 12.4 Å². The fourth-order valence-electron chi connectivity index (χ4n) is 3.12. The number of hydrogen-bond donors (Lipinski definition) is 1. The smallest absolute Gasteiger partial charge is 0.338 e. The SMILES string of the molecule is CC(=O)c1ccc(NC(=O)COC(=O)c2ccc3c(c2)C(=O)N(c2nnc(C)s2)C3=O)cc1. The van der Waals surface area contributed by atoms with Gasteiger partial charge in [0.2, 0.25) is 5.13 Å². The molecular weight excluding hydrogens is 448 g/mol. The van der Waals surface area contributed by atoms with Crippen molar-refractivity contribution in [1.29, 1.82) is 0 Å². The Hall–Kier alpha value is -4.25. The topological polar surface area (TPSA) is 136 Å². The quantitative estimate of drug-likeness (QED) is 0.334. The lowest BCUT2D eigenvalue weighted by Gasteiger charge is -2.08. The number of amides is 3. The third-order valence-corrected chi connectivity index (χ3v) is 5.56. The van der Waals surface area contributed by atoms with Crippen LogP contribution in [0, 0.1) is 6.92 Å². The number of nitrogens with one attached hydrogen (secondary N) is 1. The van der Waals surface area contributed by atoms with Crippen molar-refractivity contribution < 1.29 is 28.7 Å². The molecule has 1 aliphatic rings. The summed E-state index contributed by atoms with van der Waals surface area (Å²) in [7, 11) is 0. The van der Waals surface area contributed by atoms with Crippen molar-refractivity contribution in [3.8, 4) is 0 Å². The van der Waals surface area contributed by atoms with Gasteiger partial charge in [-0.3, -0.25) is 19.2 Å². The molecule has 2 heterocycles. The molecule has 166 valence electrons. The minimum Gasteiger partial charge on any atom is -0.452 e. The second-order valence-corrected chi connectivity index (χ2v) is 8.23. The van der Waals surface area contributed by atoms with E-state index < -0.39 is 30.3 Å². The Balaban J connectivity index is 1.40. The van der Waals surface area contributed by atoms with Crippen molar-refractivity contribution in [3.63, 3.8) is 0 Å². The molecule has 3 aromatic rings. The molecule has 0 radical (unpaired) electrons. The average Bonchev–Trinajstić information content (AvgIpc) is 3.32. The standard InChI is InChI=1S/C22H16N4O6S/c1-11(27)13-3-6-15(7-4-13)23-18(28)10-32-21(31)14-5-8-16-17(9-14)20(30)26(19(16)29)22-25-24-12(2)33-22/h3-9H,10H2,1-2H3,(H,23,28). The van der Waals surface area contributed by atoms with Crippen molar-refractivity contribution >= 4 is 51.6 Å². The number of aryl methyl sites for hydroxylation is 1. The first-order valence-electron chi connectivity index (χ1n) is 9.65. The summed E-state index contributed by atoms with van der Waals surface area (Å²) < 4.78 is 5.03. The number of aromatic nitrogens is 2. The molecule has 0 saturated heterocycles. The fraction of sp³-hybridized carbons (Fsp3) is 0.136. The van der Waals surface area contributed by atoms with Crippen LogP contribution < -0.4 is 10.2 Å². The van der Waals surface area contributed by atoms with Gasteiger partial charge in [0.25, 0.3) is 17.7 Å². The van der Waals surface area contributed by atoms with E-state index in [9.17, 15) is 24.0 Å². The molecule has 0 atom stereocenters. The van der Waals surface area contributed by atoms with E-state index in [0.29, 0.717) is 16.3 Å². The molecular formula is C22H16N4O6S. The van der Waals surface area contributed by atoms with Gasteiger partial charge in [-0.2, -0.15) is 0 Å². The van der Waals surface area contributed by atoms with Crippen molar-refractivity contribution in [1.82, 2.24) is 10.2 Å². The summed E-state index contributed by atoms with van der Waals surface area (Å²) >= 11 is 1.10. The molecule has 0 saturated carbocycles. The first kappa shape index (κ1) is 22.0. The van der Waals surface area contributed by atoms with Gasteiger partial charge < -0.3 is 10.1 Å². The molecule has 1 aliphatic heterocycles. The molecule has 0 bridgehead atoms. The second kappa shape index (κ2) is 8.71. The van der Waals surface area contributed by atoms with Crippen LogP contribution >= 0.6 is 11.3 Å². The largest absolute Gasteiger partial charge is 0.452 e. The number of nitrogens with zero attached hydrogens (tertiary/aromatic N) is 3. The number of ether oxygens (including phenoxy) is 1. The number of hydrogen-bond acceptors (Lipinski definition) is 9. The van der Waals surface area contributed by atoms with Gasteiger partial charge in [-0.25, -0.2) is 9.69 Å². The number of ketones is 1. The Morgan fingerprint density at radius 2 is 1.64 bits per heavy atom. The monoisotopic (exact) mass is 464 g/mol.